The number of hydrogen-bond acceptors (Lipinski definition) is 5. The Hall–Kier alpha value is -2.60. The molecule has 6 nitrogen and oxygen atoms in total. The molecule has 0 amide bonds. The molecule has 27 heavy (non-hydrogen) atoms. The van der Waals surface area contributed by atoms with E-state index in [-0.39, 0.29) is 0 Å². The summed E-state index contributed by atoms with van der Waals surface area (Å²) in [5.74, 6) is 1.78. The maximum Gasteiger partial charge on any atom is 0.152 e. The van der Waals surface area contributed by atoms with Crippen LogP contribution in [-0.2, 0) is 0 Å². The van der Waals surface area contributed by atoms with E-state index in [9.17, 15) is 0 Å². The Morgan fingerprint density at radius 2 is 1.93 bits per heavy atom. The van der Waals surface area contributed by atoms with Gasteiger partial charge in [-0.15, -0.1) is 0 Å². The maximum absolute atomic E-state index is 5.33. The lowest BCUT2D eigenvalue weighted by molar-refractivity contribution is 0.170. The molecule has 1 atom stereocenters. The first-order valence-electron chi connectivity index (χ1n) is 9.67. The summed E-state index contributed by atoms with van der Waals surface area (Å²) in [6.07, 6.45) is 7.55. The summed E-state index contributed by atoms with van der Waals surface area (Å²) in [4.78, 5) is 7.13. The van der Waals surface area contributed by atoms with Crippen molar-refractivity contribution in [2.75, 3.05) is 32.1 Å². The number of hydrogen-bond donors (Lipinski definition) is 1. The predicted molar refractivity (Wildman–Crippen MR) is 107 cm³/mol. The first-order chi connectivity index (χ1) is 13.2. The van der Waals surface area contributed by atoms with Gasteiger partial charge in [-0.3, -0.25) is 4.90 Å². The molecule has 1 aliphatic rings. The maximum atomic E-state index is 5.33. The van der Waals surface area contributed by atoms with Gasteiger partial charge in [0, 0.05) is 18.9 Å². The number of aromatic nitrogens is 3. The quantitative estimate of drug-likeness (QED) is 0.722. The molecule has 1 saturated heterocycles. The summed E-state index contributed by atoms with van der Waals surface area (Å²) in [5, 5.41) is 8.06. The van der Waals surface area contributed by atoms with Crippen LogP contribution in [-0.4, -0.2) is 46.2 Å². The SMILES string of the molecule is COc1ccc(C(CNc2nccn3nc(C)cc23)N2CCCCC2)cc1. The van der Waals surface area contributed by atoms with E-state index in [4.69, 9.17) is 4.74 Å². The minimum absolute atomic E-state index is 0.308. The molecule has 3 heterocycles. The number of ether oxygens (including phenoxy) is 1. The monoisotopic (exact) mass is 365 g/mol. The highest BCUT2D eigenvalue weighted by Crippen LogP contribution is 2.27. The molecule has 1 aliphatic heterocycles. The van der Waals surface area contributed by atoms with E-state index in [1.54, 1.807) is 13.3 Å². The molecule has 1 aromatic carbocycles. The topological polar surface area (TPSA) is 54.7 Å². The number of likely N-dealkylation sites (tertiary alicyclic amines) is 1. The molecule has 1 N–H and O–H groups in total. The number of rotatable bonds is 6. The summed E-state index contributed by atoms with van der Waals surface area (Å²) in [6.45, 7) is 5.09. The van der Waals surface area contributed by atoms with Crippen LogP contribution in [0.5, 0.6) is 5.75 Å². The zero-order chi connectivity index (χ0) is 18.6. The van der Waals surface area contributed by atoms with Crippen molar-refractivity contribution >= 4 is 11.3 Å². The van der Waals surface area contributed by atoms with Crippen LogP contribution in [0.3, 0.4) is 0 Å². The van der Waals surface area contributed by atoms with Crippen LogP contribution in [0, 0.1) is 6.92 Å². The molecular weight excluding hydrogens is 338 g/mol. The molecular formula is C21H27N5O. The molecule has 1 fully saturated rings. The summed E-state index contributed by atoms with van der Waals surface area (Å²) in [7, 11) is 1.71. The molecule has 0 aliphatic carbocycles. The van der Waals surface area contributed by atoms with E-state index in [1.807, 2.05) is 29.8 Å². The van der Waals surface area contributed by atoms with Crippen LogP contribution in [0.15, 0.2) is 42.7 Å². The van der Waals surface area contributed by atoms with Crippen molar-refractivity contribution in [1.29, 1.82) is 0 Å². The Kier molecular flexibility index (Phi) is 5.25. The standard InChI is InChI=1S/C21H27N5O/c1-16-14-19-21(22-10-13-26(19)24-16)23-15-20(25-11-4-3-5-12-25)17-6-8-18(27-2)9-7-17/h6-10,13-14,20H,3-5,11-12,15H2,1-2H3,(H,22,23). The van der Waals surface area contributed by atoms with Gasteiger partial charge in [-0.2, -0.15) is 5.10 Å². The molecule has 2 aromatic heterocycles. The van der Waals surface area contributed by atoms with Crippen LogP contribution >= 0.6 is 0 Å². The average molecular weight is 365 g/mol. The predicted octanol–water partition coefficient (Wildman–Crippen LogP) is 3.69. The number of benzene rings is 1. The van der Waals surface area contributed by atoms with Crippen molar-refractivity contribution in [3.05, 3.63) is 54.0 Å². The van der Waals surface area contributed by atoms with Gasteiger partial charge in [0.25, 0.3) is 0 Å². The highest BCUT2D eigenvalue weighted by molar-refractivity contribution is 5.67. The third-order valence-electron chi connectivity index (χ3n) is 5.31. The Bertz CT molecular complexity index is 883. The van der Waals surface area contributed by atoms with Crippen molar-refractivity contribution < 1.29 is 4.74 Å². The third-order valence-corrected chi connectivity index (χ3v) is 5.31. The lowest BCUT2D eigenvalue weighted by Crippen LogP contribution is -2.37. The average Bonchev–Trinajstić information content (AvgIpc) is 3.10. The fraction of sp³-hybridized carbons (Fsp3) is 0.429. The van der Waals surface area contributed by atoms with Gasteiger partial charge in [0.1, 0.15) is 11.3 Å². The van der Waals surface area contributed by atoms with E-state index >= 15 is 0 Å². The van der Waals surface area contributed by atoms with Gasteiger partial charge in [-0.1, -0.05) is 18.6 Å². The van der Waals surface area contributed by atoms with Crippen LogP contribution in [0.2, 0.25) is 0 Å². The van der Waals surface area contributed by atoms with Crippen molar-refractivity contribution in [2.45, 2.75) is 32.2 Å². The largest absolute Gasteiger partial charge is 0.497 e. The first kappa shape index (κ1) is 17.8. The Balaban J connectivity index is 1.57. The first-order valence-corrected chi connectivity index (χ1v) is 9.67. The summed E-state index contributed by atoms with van der Waals surface area (Å²) >= 11 is 0. The van der Waals surface area contributed by atoms with Crippen LogP contribution in [0.4, 0.5) is 5.82 Å². The Labute approximate surface area is 160 Å². The highest BCUT2D eigenvalue weighted by atomic mass is 16.5. The van der Waals surface area contributed by atoms with E-state index in [1.165, 1.54) is 24.8 Å². The van der Waals surface area contributed by atoms with Gasteiger partial charge in [0.2, 0.25) is 0 Å². The van der Waals surface area contributed by atoms with Crippen LogP contribution < -0.4 is 10.1 Å². The van der Waals surface area contributed by atoms with Gasteiger partial charge in [0.05, 0.1) is 18.8 Å². The van der Waals surface area contributed by atoms with E-state index in [0.717, 1.165) is 42.4 Å². The highest BCUT2D eigenvalue weighted by Gasteiger charge is 2.22. The van der Waals surface area contributed by atoms with E-state index < -0.39 is 0 Å². The van der Waals surface area contributed by atoms with Gasteiger partial charge < -0.3 is 10.1 Å². The molecule has 1 unspecified atom stereocenters. The number of aryl methyl sites for hydroxylation is 1. The summed E-state index contributed by atoms with van der Waals surface area (Å²) in [6, 6.07) is 10.8. The minimum atomic E-state index is 0.308. The van der Waals surface area contributed by atoms with Gasteiger partial charge in [0.15, 0.2) is 5.82 Å². The van der Waals surface area contributed by atoms with Crippen LogP contribution in [0.25, 0.3) is 5.52 Å². The van der Waals surface area contributed by atoms with Gasteiger partial charge >= 0.3 is 0 Å². The molecule has 0 spiro atoms. The Morgan fingerprint density at radius 1 is 1.15 bits per heavy atom. The number of fused-ring (bicyclic) bond motifs is 1. The summed E-state index contributed by atoms with van der Waals surface area (Å²) < 4.78 is 7.21. The molecule has 4 rings (SSSR count). The number of nitrogens with zero attached hydrogens (tertiary/aromatic N) is 4. The van der Waals surface area contributed by atoms with Crippen molar-refractivity contribution in [3.8, 4) is 5.75 Å². The van der Waals surface area contributed by atoms with Gasteiger partial charge in [-0.05, 0) is 56.6 Å². The van der Waals surface area contributed by atoms with Crippen LogP contribution in [0.1, 0.15) is 36.6 Å². The fourth-order valence-electron chi connectivity index (χ4n) is 3.89. The summed E-state index contributed by atoms with van der Waals surface area (Å²) in [5.41, 5.74) is 3.32. The van der Waals surface area contributed by atoms with E-state index in [2.05, 4.69) is 38.5 Å². The fourth-order valence-corrected chi connectivity index (χ4v) is 3.89. The number of piperidine rings is 1. The van der Waals surface area contributed by atoms with E-state index in [0.29, 0.717) is 6.04 Å². The number of nitrogens with one attached hydrogen (secondary N) is 1. The van der Waals surface area contributed by atoms with Crippen molar-refractivity contribution in [1.82, 2.24) is 19.5 Å². The van der Waals surface area contributed by atoms with Crippen molar-refractivity contribution in [3.63, 3.8) is 0 Å². The normalized spacial score (nSPS) is 16.4. The Morgan fingerprint density at radius 3 is 2.67 bits per heavy atom. The molecule has 3 aromatic rings. The third kappa shape index (κ3) is 3.90. The molecule has 142 valence electrons. The molecule has 0 bridgehead atoms. The lowest BCUT2D eigenvalue weighted by atomic mass is 10.0. The smallest absolute Gasteiger partial charge is 0.152 e. The second kappa shape index (κ2) is 7.96. The zero-order valence-electron chi connectivity index (χ0n) is 16.1. The number of methoxy groups -OCH3 is 1. The number of anilines is 1. The zero-order valence-corrected chi connectivity index (χ0v) is 16.1. The van der Waals surface area contributed by atoms with Gasteiger partial charge in [-0.25, -0.2) is 9.50 Å². The molecule has 0 radical (unpaired) electrons. The second-order valence-corrected chi connectivity index (χ2v) is 7.16. The minimum Gasteiger partial charge on any atom is -0.497 e. The second-order valence-electron chi connectivity index (χ2n) is 7.16. The lowest BCUT2D eigenvalue weighted by Gasteiger charge is -2.35. The molecule has 6 heteroatoms. The van der Waals surface area contributed by atoms with Crippen molar-refractivity contribution in [2.24, 2.45) is 0 Å². The molecule has 0 saturated carbocycles.